The lowest BCUT2D eigenvalue weighted by Gasteiger charge is -2.04. The summed E-state index contributed by atoms with van der Waals surface area (Å²) < 4.78 is 1.78. The zero-order valence-electron chi connectivity index (χ0n) is 8.74. The van der Waals surface area contributed by atoms with Gasteiger partial charge in [0.2, 0.25) is 5.95 Å². The highest BCUT2D eigenvalue weighted by Crippen LogP contribution is 2.00. The average Bonchev–Trinajstić information content (AvgIpc) is 2.80. The van der Waals surface area contributed by atoms with Crippen molar-refractivity contribution in [3.8, 4) is 0 Å². The summed E-state index contributed by atoms with van der Waals surface area (Å²) in [6.45, 7) is 1.60. The van der Waals surface area contributed by atoms with Gasteiger partial charge in [-0.1, -0.05) is 5.21 Å². The van der Waals surface area contributed by atoms with Gasteiger partial charge in [-0.3, -0.25) is 4.68 Å². The number of nitrogens with two attached hydrogens (primary N) is 1. The first-order valence-corrected chi connectivity index (χ1v) is 5.00. The number of hydrogen-bond acceptors (Lipinski definition) is 6. The van der Waals surface area contributed by atoms with E-state index in [1.54, 1.807) is 23.3 Å². The Balaban J connectivity index is 1.70. The topological polar surface area (TPSA) is 94.5 Å². The van der Waals surface area contributed by atoms with Crippen molar-refractivity contribution in [1.82, 2.24) is 25.0 Å². The van der Waals surface area contributed by atoms with E-state index in [4.69, 9.17) is 5.73 Å². The van der Waals surface area contributed by atoms with Gasteiger partial charge >= 0.3 is 0 Å². The molecule has 16 heavy (non-hydrogen) atoms. The first-order chi connectivity index (χ1) is 7.84. The Kier molecular flexibility index (Phi) is 3.27. The van der Waals surface area contributed by atoms with Gasteiger partial charge in [-0.2, -0.15) is 0 Å². The van der Waals surface area contributed by atoms with Crippen LogP contribution >= 0.6 is 0 Å². The number of nitrogens with one attached hydrogen (secondary N) is 1. The predicted octanol–water partition coefficient (Wildman–Crippen LogP) is 0.152. The van der Waals surface area contributed by atoms with Crippen LogP contribution in [0, 0.1) is 0 Å². The molecule has 0 aliphatic rings. The highest BCUT2D eigenvalue weighted by Gasteiger charge is 1.95. The van der Waals surface area contributed by atoms with Crippen LogP contribution in [0.3, 0.4) is 0 Å². The number of rotatable bonds is 5. The minimum Gasteiger partial charge on any atom is -0.396 e. The largest absolute Gasteiger partial charge is 0.396 e. The molecule has 0 radical (unpaired) electrons. The normalized spacial score (nSPS) is 10.2. The maximum absolute atomic E-state index is 5.47. The van der Waals surface area contributed by atoms with Crippen LogP contribution in [0.1, 0.15) is 6.42 Å². The summed E-state index contributed by atoms with van der Waals surface area (Å²) in [6, 6.07) is 0. The van der Waals surface area contributed by atoms with Gasteiger partial charge in [0, 0.05) is 19.3 Å². The molecular weight excluding hydrogens is 206 g/mol. The third-order valence-electron chi connectivity index (χ3n) is 1.99. The summed E-state index contributed by atoms with van der Waals surface area (Å²) in [5.74, 6) is 0.591. The molecule has 2 heterocycles. The molecule has 84 valence electrons. The van der Waals surface area contributed by atoms with Crippen LogP contribution in [0.5, 0.6) is 0 Å². The first kappa shape index (κ1) is 10.3. The Morgan fingerprint density at radius 2 is 2.12 bits per heavy atom. The molecule has 0 aliphatic carbocycles. The predicted molar refractivity (Wildman–Crippen MR) is 59.6 cm³/mol. The first-order valence-electron chi connectivity index (χ1n) is 5.00. The fourth-order valence-corrected chi connectivity index (χ4v) is 1.22. The van der Waals surface area contributed by atoms with Crippen LogP contribution < -0.4 is 11.1 Å². The van der Waals surface area contributed by atoms with Crippen molar-refractivity contribution in [2.45, 2.75) is 13.0 Å². The Morgan fingerprint density at radius 1 is 1.31 bits per heavy atom. The smallest absolute Gasteiger partial charge is 0.222 e. The van der Waals surface area contributed by atoms with Crippen LogP contribution in [0.4, 0.5) is 11.6 Å². The molecule has 0 spiro atoms. The lowest BCUT2D eigenvalue weighted by molar-refractivity contribution is 0.569. The van der Waals surface area contributed by atoms with E-state index in [-0.39, 0.29) is 0 Å². The highest BCUT2D eigenvalue weighted by molar-refractivity contribution is 5.35. The molecule has 2 aromatic rings. The van der Waals surface area contributed by atoms with Gasteiger partial charge in [0.1, 0.15) is 0 Å². The molecule has 0 unspecified atom stereocenters. The number of aromatic nitrogens is 5. The number of anilines is 2. The number of nitrogens with zero attached hydrogens (tertiary/aromatic N) is 5. The molecule has 0 saturated heterocycles. The molecule has 0 aliphatic heterocycles. The molecule has 7 heteroatoms. The van der Waals surface area contributed by atoms with Crippen molar-refractivity contribution in [3.05, 3.63) is 24.8 Å². The number of nitrogen functional groups attached to an aromatic ring is 1. The van der Waals surface area contributed by atoms with E-state index in [1.807, 2.05) is 6.20 Å². The average molecular weight is 219 g/mol. The van der Waals surface area contributed by atoms with Crippen molar-refractivity contribution in [2.24, 2.45) is 0 Å². The molecule has 2 aromatic heterocycles. The summed E-state index contributed by atoms with van der Waals surface area (Å²) in [5, 5.41) is 10.7. The standard InChI is InChI=1S/C9H13N7/c10-8-6-12-9(13-7-8)11-2-1-4-16-5-3-14-15-16/h3,5-7H,1-2,4,10H2,(H,11,12,13). The molecule has 0 bridgehead atoms. The molecule has 0 fully saturated rings. The zero-order valence-corrected chi connectivity index (χ0v) is 8.74. The van der Waals surface area contributed by atoms with Gasteiger partial charge in [-0.25, -0.2) is 9.97 Å². The Bertz CT molecular complexity index is 408. The molecule has 0 atom stereocenters. The second-order valence-corrected chi connectivity index (χ2v) is 3.29. The lowest BCUT2D eigenvalue weighted by Crippen LogP contribution is -2.09. The van der Waals surface area contributed by atoms with Crippen LogP contribution in [0.2, 0.25) is 0 Å². The van der Waals surface area contributed by atoms with E-state index in [0.29, 0.717) is 11.6 Å². The van der Waals surface area contributed by atoms with Crippen LogP contribution in [0.15, 0.2) is 24.8 Å². The van der Waals surface area contributed by atoms with Crippen molar-refractivity contribution in [1.29, 1.82) is 0 Å². The van der Waals surface area contributed by atoms with E-state index in [0.717, 1.165) is 19.5 Å². The van der Waals surface area contributed by atoms with Crippen molar-refractivity contribution >= 4 is 11.6 Å². The monoisotopic (exact) mass is 219 g/mol. The third kappa shape index (κ3) is 2.91. The fourth-order valence-electron chi connectivity index (χ4n) is 1.22. The Hall–Kier alpha value is -2.18. The van der Waals surface area contributed by atoms with E-state index < -0.39 is 0 Å². The highest BCUT2D eigenvalue weighted by atomic mass is 15.4. The Morgan fingerprint density at radius 3 is 2.81 bits per heavy atom. The molecular formula is C9H13N7. The van der Waals surface area contributed by atoms with E-state index in [9.17, 15) is 0 Å². The molecule has 0 aromatic carbocycles. The second kappa shape index (κ2) is 5.06. The SMILES string of the molecule is Nc1cnc(NCCCn2ccnn2)nc1. The summed E-state index contributed by atoms with van der Waals surface area (Å²) in [7, 11) is 0. The van der Waals surface area contributed by atoms with E-state index in [2.05, 4.69) is 25.6 Å². The quantitative estimate of drug-likeness (QED) is 0.695. The summed E-state index contributed by atoms with van der Waals surface area (Å²) in [4.78, 5) is 8.06. The van der Waals surface area contributed by atoms with Gasteiger partial charge in [-0.05, 0) is 6.42 Å². The van der Waals surface area contributed by atoms with Gasteiger partial charge < -0.3 is 11.1 Å². The summed E-state index contributed by atoms with van der Waals surface area (Å²) in [5.41, 5.74) is 6.04. The van der Waals surface area contributed by atoms with Crippen LogP contribution in [-0.4, -0.2) is 31.5 Å². The zero-order chi connectivity index (χ0) is 11.2. The lowest BCUT2D eigenvalue weighted by atomic mass is 10.4. The van der Waals surface area contributed by atoms with Gasteiger partial charge in [0.15, 0.2) is 0 Å². The van der Waals surface area contributed by atoms with Crippen LogP contribution in [0.25, 0.3) is 0 Å². The van der Waals surface area contributed by atoms with Gasteiger partial charge in [-0.15, -0.1) is 5.10 Å². The second-order valence-electron chi connectivity index (χ2n) is 3.29. The number of aryl methyl sites for hydroxylation is 1. The van der Waals surface area contributed by atoms with Crippen molar-refractivity contribution in [2.75, 3.05) is 17.6 Å². The molecule has 7 nitrogen and oxygen atoms in total. The molecule has 0 saturated carbocycles. The summed E-state index contributed by atoms with van der Waals surface area (Å²) >= 11 is 0. The van der Waals surface area contributed by atoms with Crippen LogP contribution in [-0.2, 0) is 6.54 Å². The molecule has 0 amide bonds. The van der Waals surface area contributed by atoms with Gasteiger partial charge in [0.25, 0.3) is 0 Å². The van der Waals surface area contributed by atoms with E-state index >= 15 is 0 Å². The minimum atomic E-state index is 0.563. The summed E-state index contributed by atoms with van der Waals surface area (Å²) in [6.07, 6.45) is 7.58. The minimum absolute atomic E-state index is 0.563. The number of hydrogen-bond donors (Lipinski definition) is 2. The molecule has 3 N–H and O–H groups in total. The Labute approximate surface area is 92.7 Å². The maximum atomic E-state index is 5.47. The maximum Gasteiger partial charge on any atom is 0.222 e. The van der Waals surface area contributed by atoms with Crippen molar-refractivity contribution < 1.29 is 0 Å². The van der Waals surface area contributed by atoms with Gasteiger partial charge in [0.05, 0.1) is 24.3 Å². The van der Waals surface area contributed by atoms with Crippen molar-refractivity contribution in [3.63, 3.8) is 0 Å². The third-order valence-corrected chi connectivity index (χ3v) is 1.99. The molecule has 2 rings (SSSR count). The fraction of sp³-hybridized carbons (Fsp3) is 0.333. The van der Waals surface area contributed by atoms with E-state index in [1.165, 1.54) is 0 Å².